The van der Waals surface area contributed by atoms with Gasteiger partial charge in [0.05, 0.1) is 37.5 Å². The first kappa shape index (κ1) is 25.6. The van der Waals surface area contributed by atoms with Gasteiger partial charge in [-0.3, -0.25) is 0 Å². The van der Waals surface area contributed by atoms with Crippen molar-refractivity contribution in [1.29, 1.82) is 0 Å². The average molecular weight is 550 g/mol. The molecule has 2 heterocycles. The van der Waals surface area contributed by atoms with Crippen LogP contribution >= 0.6 is 11.7 Å². The van der Waals surface area contributed by atoms with Crippen molar-refractivity contribution in [1.82, 2.24) is 13.3 Å². The molecule has 0 saturated heterocycles. The molecule has 6 rings (SSSR count). The van der Waals surface area contributed by atoms with Gasteiger partial charge in [0.1, 0.15) is 34.8 Å². The summed E-state index contributed by atoms with van der Waals surface area (Å²) in [5.74, 6) is 1.05. The molecule has 0 unspecified atom stereocenters. The third-order valence-electron chi connectivity index (χ3n) is 6.82. The highest BCUT2D eigenvalue weighted by atomic mass is 32.1. The average Bonchev–Trinajstić information content (AvgIpc) is 3.59. The molecule has 0 amide bonds. The molecule has 0 N–H and O–H groups in total. The van der Waals surface area contributed by atoms with Crippen molar-refractivity contribution in [3.8, 4) is 22.6 Å². The number of carbonyl (C=O) groups excluding carboxylic acids is 1. The second-order valence-corrected chi connectivity index (χ2v) is 9.79. The molecule has 0 saturated carbocycles. The Kier molecular flexibility index (Phi) is 7.16. The van der Waals surface area contributed by atoms with E-state index in [1.807, 2.05) is 102 Å². The molecule has 0 spiro atoms. The molecule has 0 aliphatic rings. The lowest BCUT2D eigenvalue weighted by Gasteiger charge is -2.14. The van der Waals surface area contributed by atoms with Gasteiger partial charge in [0, 0.05) is 22.6 Å². The van der Waals surface area contributed by atoms with Crippen LogP contribution in [0.25, 0.3) is 33.1 Å². The Hall–Kier alpha value is -4.69. The Labute approximate surface area is 235 Å². The van der Waals surface area contributed by atoms with E-state index in [1.165, 1.54) is 11.7 Å². The Morgan fingerprint density at radius 2 is 1.70 bits per heavy atom. The molecule has 0 radical (unpaired) electrons. The van der Waals surface area contributed by atoms with Crippen LogP contribution in [-0.4, -0.2) is 33.0 Å². The molecular weight excluding hydrogens is 522 g/mol. The van der Waals surface area contributed by atoms with Crippen LogP contribution < -0.4 is 9.47 Å². The monoisotopic (exact) mass is 549 g/mol. The van der Waals surface area contributed by atoms with Crippen LogP contribution in [0.3, 0.4) is 0 Å². The van der Waals surface area contributed by atoms with Crippen molar-refractivity contribution >= 4 is 39.6 Å². The molecule has 0 aliphatic heterocycles. The predicted octanol–water partition coefficient (Wildman–Crippen LogP) is 7.13. The zero-order valence-corrected chi connectivity index (χ0v) is 23.0. The van der Waals surface area contributed by atoms with Gasteiger partial charge in [-0.25, -0.2) is 4.79 Å². The van der Waals surface area contributed by atoms with Gasteiger partial charge in [0.25, 0.3) is 0 Å². The zero-order chi connectivity index (χ0) is 27.5. The van der Waals surface area contributed by atoms with Crippen LogP contribution in [0, 0.1) is 0 Å². The summed E-state index contributed by atoms with van der Waals surface area (Å²) in [6.45, 7) is 2.91. The SMILES string of the molecule is CCOC(=O)c1c(-c2ccc3nsnc3c2)c2ccc(OCc3ccccc3)cc2n1Cc1ccccc1OC. The number of fused-ring (bicyclic) bond motifs is 2. The first-order valence-electron chi connectivity index (χ1n) is 13.0. The number of nitrogens with zero attached hydrogens (tertiary/aromatic N) is 3. The molecule has 0 bridgehead atoms. The Bertz CT molecular complexity index is 1810. The van der Waals surface area contributed by atoms with Crippen molar-refractivity contribution in [2.24, 2.45) is 0 Å². The number of hydrogen-bond donors (Lipinski definition) is 0. The Morgan fingerprint density at radius 3 is 2.52 bits per heavy atom. The van der Waals surface area contributed by atoms with Crippen molar-refractivity contribution in [3.05, 3.63) is 108 Å². The van der Waals surface area contributed by atoms with E-state index < -0.39 is 5.97 Å². The molecule has 0 fully saturated rings. The van der Waals surface area contributed by atoms with Crippen molar-refractivity contribution in [3.63, 3.8) is 0 Å². The highest BCUT2D eigenvalue weighted by Crippen LogP contribution is 2.39. The summed E-state index contributed by atoms with van der Waals surface area (Å²) < 4.78 is 28.2. The number of benzene rings is 4. The van der Waals surface area contributed by atoms with Gasteiger partial charge in [0.2, 0.25) is 0 Å². The first-order valence-corrected chi connectivity index (χ1v) is 13.7. The van der Waals surface area contributed by atoms with Gasteiger partial charge in [-0.15, -0.1) is 0 Å². The highest BCUT2D eigenvalue weighted by molar-refractivity contribution is 7.00. The molecule has 6 aromatic rings. The second-order valence-electron chi connectivity index (χ2n) is 9.26. The van der Waals surface area contributed by atoms with Crippen LogP contribution in [0.5, 0.6) is 11.5 Å². The molecular formula is C32H27N3O4S. The third kappa shape index (κ3) is 4.89. The van der Waals surface area contributed by atoms with Gasteiger partial charge in [-0.2, -0.15) is 8.75 Å². The summed E-state index contributed by atoms with van der Waals surface area (Å²) in [5, 5.41) is 0.910. The molecule has 200 valence electrons. The predicted molar refractivity (Wildman–Crippen MR) is 157 cm³/mol. The molecule has 0 atom stereocenters. The Morgan fingerprint density at radius 1 is 0.900 bits per heavy atom. The van der Waals surface area contributed by atoms with Crippen molar-refractivity contribution < 1.29 is 19.0 Å². The summed E-state index contributed by atoms with van der Waals surface area (Å²) >= 11 is 1.17. The summed E-state index contributed by atoms with van der Waals surface area (Å²) in [7, 11) is 1.65. The molecule has 40 heavy (non-hydrogen) atoms. The molecule has 4 aromatic carbocycles. The van der Waals surface area contributed by atoms with E-state index in [9.17, 15) is 4.79 Å². The molecule has 0 aliphatic carbocycles. The number of hydrogen-bond acceptors (Lipinski definition) is 7. The fourth-order valence-corrected chi connectivity index (χ4v) is 5.49. The quantitative estimate of drug-likeness (QED) is 0.179. The topological polar surface area (TPSA) is 75.5 Å². The zero-order valence-electron chi connectivity index (χ0n) is 22.2. The van der Waals surface area contributed by atoms with E-state index in [4.69, 9.17) is 14.2 Å². The van der Waals surface area contributed by atoms with E-state index in [2.05, 4.69) is 8.75 Å². The van der Waals surface area contributed by atoms with Gasteiger partial charge >= 0.3 is 5.97 Å². The number of methoxy groups -OCH3 is 1. The van der Waals surface area contributed by atoms with E-state index >= 15 is 0 Å². The lowest BCUT2D eigenvalue weighted by Crippen LogP contribution is -2.14. The molecule has 8 heteroatoms. The highest BCUT2D eigenvalue weighted by Gasteiger charge is 2.26. The number of esters is 1. The van der Waals surface area contributed by atoms with Crippen LogP contribution in [0.4, 0.5) is 0 Å². The molecule has 2 aromatic heterocycles. The lowest BCUT2D eigenvalue weighted by molar-refractivity contribution is 0.0516. The maximum Gasteiger partial charge on any atom is 0.355 e. The minimum Gasteiger partial charge on any atom is -0.496 e. The summed E-state index contributed by atoms with van der Waals surface area (Å²) in [5.41, 5.74) is 6.58. The van der Waals surface area contributed by atoms with Crippen molar-refractivity contribution in [2.45, 2.75) is 20.1 Å². The summed E-state index contributed by atoms with van der Waals surface area (Å²) in [6, 6.07) is 29.7. The fraction of sp³-hybridized carbons (Fsp3) is 0.156. The summed E-state index contributed by atoms with van der Waals surface area (Å²) in [6.07, 6.45) is 0. The van der Waals surface area contributed by atoms with Gasteiger partial charge in [-0.1, -0.05) is 54.6 Å². The van der Waals surface area contributed by atoms with Gasteiger partial charge in [0.15, 0.2) is 0 Å². The third-order valence-corrected chi connectivity index (χ3v) is 7.37. The maximum absolute atomic E-state index is 13.7. The van der Waals surface area contributed by atoms with Gasteiger partial charge < -0.3 is 18.8 Å². The maximum atomic E-state index is 13.7. The number of ether oxygens (including phenoxy) is 3. The minimum absolute atomic E-state index is 0.259. The largest absolute Gasteiger partial charge is 0.496 e. The minimum atomic E-state index is -0.396. The van der Waals surface area contributed by atoms with E-state index in [0.717, 1.165) is 49.9 Å². The van der Waals surface area contributed by atoms with E-state index in [0.29, 0.717) is 24.6 Å². The van der Waals surface area contributed by atoms with Gasteiger partial charge in [-0.05, 0) is 48.4 Å². The van der Waals surface area contributed by atoms with Crippen LogP contribution in [0.15, 0.2) is 91.0 Å². The first-order chi connectivity index (χ1) is 19.7. The number of para-hydroxylation sites is 1. The van der Waals surface area contributed by atoms with E-state index in [-0.39, 0.29) is 6.61 Å². The van der Waals surface area contributed by atoms with E-state index in [1.54, 1.807) is 7.11 Å². The Balaban J connectivity index is 1.56. The summed E-state index contributed by atoms with van der Waals surface area (Å²) in [4.78, 5) is 13.7. The lowest BCUT2D eigenvalue weighted by atomic mass is 10.0. The van der Waals surface area contributed by atoms with Crippen molar-refractivity contribution in [2.75, 3.05) is 13.7 Å². The molecule has 7 nitrogen and oxygen atoms in total. The number of rotatable bonds is 9. The smallest absolute Gasteiger partial charge is 0.355 e. The standard InChI is InChI=1S/C32H27N3O4S/c1-3-38-32(36)31-30(22-13-16-26-27(17-22)34-40-33-26)25-15-14-24(39-20-21-9-5-4-6-10-21)18-28(25)35(31)19-23-11-7-8-12-29(23)37-2/h4-18H,3,19-20H2,1-2H3. The second kappa shape index (κ2) is 11.2. The normalized spacial score (nSPS) is 11.2. The van der Waals surface area contributed by atoms with Crippen LogP contribution in [0.2, 0.25) is 0 Å². The van der Waals surface area contributed by atoms with Crippen LogP contribution in [-0.2, 0) is 17.9 Å². The number of carbonyl (C=O) groups is 1. The number of aromatic nitrogens is 3. The fourth-order valence-electron chi connectivity index (χ4n) is 4.97. The van der Waals surface area contributed by atoms with Crippen LogP contribution in [0.1, 0.15) is 28.5 Å².